The van der Waals surface area contributed by atoms with E-state index in [2.05, 4.69) is 28.5 Å². The lowest BCUT2D eigenvalue weighted by atomic mass is 10.0. The van der Waals surface area contributed by atoms with Gasteiger partial charge in [0.1, 0.15) is 0 Å². The molecule has 1 aliphatic rings. The van der Waals surface area contributed by atoms with Crippen molar-refractivity contribution in [3.8, 4) is 0 Å². The van der Waals surface area contributed by atoms with Crippen LogP contribution in [0.1, 0.15) is 21.7 Å². The average Bonchev–Trinajstić information content (AvgIpc) is 2.92. The van der Waals surface area contributed by atoms with Gasteiger partial charge < -0.3 is 4.90 Å². The number of carbonyl (C=O) groups excluding carboxylic acids is 1. The quantitative estimate of drug-likeness (QED) is 0.840. The third-order valence-corrected chi connectivity index (χ3v) is 4.30. The Morgan fingerprint density at radius 2 is 2.06 bits per heavy atom. The fourth-order valence-corrected chi connectivity index (χ4v) is 3.11. The van der Waals surface area contributed by atoms with Crippen LogP contribution in [0.25, 0.3) is 0 Å². The molecule has 0 aliphatic carbocycles. The Labute approximate surface area is 111 Å². The molecular formula is C15H15NOS. The standard InChI is InChI=1S/C15H15NOS/c17-15-8-10-16(9-7-12-4-3-11-18-12)14-6-2-1-5-13(14)15/h1-6,11H,7-10H2. The smallest absolute Gasteiger partial charge is 0.166 e. The van der Waals surface area contributed by atoms with E-state index in [1.807, 2.05) is 18.2 Å². The van der Waals surface area contributed by atoms with Crippen molar-refractivity contribution in [3.63, 3.8) is 0 Å². The first-order valence-electron chi connectivity index (χ1n) is 6.24. The van der Waals surface area contributed by atoms with Gasteiger partial charge in [-0.05, 0) is 30.0 Å². The SMILES string of the molecule is O=C1CCN(CCc2cccs2)c2ccccc21. The first-order valence-corrected chi connectivity index (χ1v) is 7.12. The Morgan fingerprint density at radius 3 is 2.89 bits per heavy atom. The number of Topliss-reactive ketones (excluding diaryl/α,β-unsaturated/α-hetero) is 1. The van der Waals surface area contributed by atoms with E-state index in [9.17, 15) is 4.79 Å². The molecule has 1 aromatic carbocycles. The van der Waals surface area contributed by atoms with Crippen molar-refractivity contribution >= 4 is 22.8 Å². The number of benzene rings is 1. The van der Waals surface area contributed by atoms with E-state index in [1.54, 1.807) is 11.3 Å². The zero-order valence-corrected chi connectivity index (χ0v) is 11.0. The molecule has 0 spiro atoms. The lowest BCUT2D eigenvalue weighted by Crippen LogP contribution is -2.33. The summed E-state index contributed by atoms with van der Waals surface area (Å²) in [6, 6.07) is 12.2. The van der Waals surface area contributed by atoms with E-state index in [0.717, 1.165) is 30.8 Å². The second kappa shape index (κ2) is 4.94. The summed E-state index contributed by atoms with van der Waals surface area (Å²) >= 11 is 1.80. The predicted octanol–water partition coefficient (Wildman–Crippen LogP) is 3.38. The monoisotopic (exact) mass is 257 g/mol. The maximum Gasteiger partial charge on any atom is 0.166 e. The number of hydrogen-bond acceptors (Lipinski definition) is 3. The van der Waals surface area contributed by atoms with E-state index < -0.39 is 0 Å². The van der Waals surface area contributed by atoms with Crippen molar-refractivity contribution in [2.45, 2.75) is 12.8 Å². The van der Waals surface area contributed by atoms with Gasteiger partial charge in [-0.2, -0.15) is 0 Å². The van der Waals surface area contributed by atoms with Crippen LogP contribution in [0.15, 0.2) is 41.8 Å². The van der Waals surface area contributed by atoms with E-state index in [1.165, 1.54) is 4.88 Å². The molecule has 0 fully saturated rings. The fourth-order valence-electron chi connectivity index (χ4n) is 2.41. The highest BCUT2D eigenvalue weighted by Gasteiger charge is 2.21. The van der Waals surface area contributed by atoms with Crippen LogP contribution in [0.4, 0.5) is 5.69 Å². The summed E-state index contributed by atoms with van der Waals surface area (Å²) in [7, 11) is 0. The Bertz CT molecular complexity index is 547. The second-order valence-corrected chi connectivity index (χ2v) is 5.54. The van der Waals surface area contributed by atoms with Gasteiger partial charge in [-0.1, -0.05) is 18.2 Å². The number of nitrogens with zero attached hydrogens (tertiary/aromatic N) is 1. The van der Waals surface area contributed by atoms with Crippen LogP contribution >= 0.6 is 11.3 Å². The van der Waals surface area contributed by atoms with Crippen LogP contribution in [-0.2, 0) is 6.42 Å². The van der Waals surface area contributed by atoms with Crippen LogP contribution in [-0.4, -0.2) is 18.9 Å². The number of ketones is 1. The number of anilines is 1. The van der Waals surface area contributed by atoms with Gasteiger partial charge in [0.05, 0.1) is 0 Å². The minimum Gasteiger partial charge on any atom is -0.370 e. The molecular weight excluding hydrogens is 242 g/mol. The highest BCUT2D eigenvalue weighted by atomic mass is 32.1. The van der Waals surface area contributed by atoms with Gasteiger partial charge in [-0.3, -0.25) is 4.79 Å². The van der Waals surface area contributed by atoms with Gasteiger partial charge in [0, 0.05) is 35.6 Å². The summed E-state index contributed by atoms with van der Waals surface area (Å²) in [5.74, 6) is 0.276. The van der Waals surface area contributed by atoms with E-state index >= 15 is 0 Å². The summed E-state index contributed by atoms with van der Waals surface area (Å²) in [6.07, 6.45) is 1.70. The molecule has 3 heteroatoms. The zero-order chi connectivity index (χ0) is 12.4. The van der Waals surface area contributed by atoms with Gasteiger partial charge in [0.15, 0.2) is 5.78 Å². The highest BCUT2D eigenvalue weighted by Crippen LogP contribution is 2.27. The van der Waals surface area contributed by atoms with E-state index in [-0.39, 0.29) is 5.78 Å². The molecule has 1 aromatic heterocycles. The molecule has 0 N–H and O–H groups in total. The predicted molar refractivity (Wildman–Crippen MR) is 75.6 cm³/mol. The summed E-state index contributed by atoms with van der Waals surface area (Å²) in [6.45, 7) is 1.84. The fraction of sp³-hybridized carbons (Fsp3) is 0.267. The molecule has 1 aliphatic heterocycles. The minimum atomic E-state index is 0.276. The molecule has 0 radical (unpaired) electrons. The largest absolute Gasteiger partial charge is 0.370 e. The molecule has 0 saturated carbocycles. The average molecular weight is 257 g/mol. The molecule has 2 nitrogen and oxygen atoms in total. The summed E-state index contributed by atoms with van der Waals surface area (Å²) < 4.78 is 0. The molecule has 0 saturated heterocycles. The van der Waals surface area contributed by atoms with Gasteiger partial charge in [0.25, 0.3) is 0 Å². The van der Waals surface area contributed by atoms with Crippen molar-refractivity contribution in [1.29, 1.82) is 0 Å². The van der Waals surface area contributed by atoms with E-state index in [4.69, 9.17) is 0 Å². The topological polar surface area (TPSA) is 20.3 Å². The van der Waals surface area contributed by atoms with Crippen molar-refractivity contribution in [3.05, 3.63) is 52.2 Å². The number of rotatable bonds is 3. The van der Waals surface area contributed by atoms with Crippen LogP contribution in [0, 0.1) is 0 Å². The van der Waals surface area contributed by atoms with Gasteiger partial charge >= 0.3 is 0 Å². The lowest BCUT2D eigenvalue weighted by molar-refractivity contribution is 0.0980. The van der Waals surface area contributed by atoms with Gasteiger partial charge in [-0.25, -0.2) is 0 Å². The zero-order valence-electron chi connectivity index (χ0n) is 10.1. The Hall–Kier alpha value is -1.61. The number of para-hydroxylation sites is 1. The Balaban J connectivity index is 1.78. The Kier molecular flexibility index (Phi) is 3.15. The van der Waals surface area contributed by atoms with Crippen LogP contribution in [0.3, 0.4) is 0 Å². The van der Waals surface area contributed by atoms with Crippen LogP contribution < -0.4 is 4.90 Å². The molecule has 0 unspecified atom stereocenters. The maximum absolute atomic E-state index is 11.8. The molecule has 2 heterocycles. The summed E-state index contributed by atoms with van der Waals surface area (Å²) in [5.41, 5.74) is 1.99. The second-order valence-electron chi connectivity index (χ2n) is 4.51. The van der Waals surface area contributed by atoms with Crippen LogP contribution in [0.5, 0.6) is 0 Å². The number of fused-ring (bicyclic) bond motifs is 1. The van der Waals surface area contributed by atoms with Crippen molar-refractivity contribution in [2.75, 3.05) is 18.0 Å². The summed E-state index contributed by atoms with van der Waals surface area (Å²) in [4.78, 5) is 15.6. The van der Waals surface area contributed by atoms with Crippen molar-refractivity contribution in [2.24, 2.45) is 0 Å². The maximum atomic E-state index is 11.8. The number of hydrogen-bond donors (Lipinski definition) is 0. The molecule has 0 atom stereocenters. The normalized spacial score (nSPS) is 14.7. The lowest BCUT2D eigenvalue weighted by Gasteiger charge is -2.30. The van der Waals surface area contributed by atoms with Crippen LogP contribution in [0.2, 0.25) is 0 Å². The highest BCUT2D eigenvalue weighted by molar-refractivity contribution is 7.09. The van der Waals surface area contributed by atoms with E-state index in [0.29, 0.717) is 6.42 Å². The molecule has 0 bridgehead atoms. The third-order valence-electron chi connectivity index (χ3n) is 3.36. The first-order chi connectivity index (χ1) is 8.84. The Morgan fingerprint density at radius 1 is 1.17 bits per heavy atom. The van der Waals surface area contributed by atoms with Crippen molar-refractivity contribution < 1.29 is 4.79 Å². The number of thiophene rings is 1. The molecule has 18 heavy (non-hydrogen) atoms. The molecule has 2 aromatic rings. The summed E-state index contributed by atoms with van der Waals surface area (Å²) in [5, 5.41) is 2.11. The minimum absolute atomic E-state index is 0.276. The van der Waals surface area contributed by atoms with Gasteiger partial charge in [-0.15, -0.1) is 11.3 Å². The van der Waals surface area contributed by atoms with Gasteiger partial charge in [0.2, 0.25) is 0 Å². The first kappa shape index (κ1) is 11.5. The third kappa shape index (κ3) is 2.18. The molecule has 92 valence electrons. The molecule has 3 rings (SSSR count). The molecule has 0 amide bonds. The van der Waals surface area contributed by atoms with Crippen molar-refractivity contribution in [1.82, 2.24) is 0 Å². The number of carbonyl (C=O) groups is 1.